The fourth-order valence-corrected chi connectivity index (χ4v) is 3.84. The number of thiophene rings is 1. The lowest BCUT2D eigenvalue weighted by molar-refractivity contribution is 0.519. The third-order valence-corrected chi connectivity index (χ3v) is 5.17. The maximum atomic E-state index is 12.5. The third-order valence-electron chi connectivity index (χ3n) is 4.07. The van der Waals surface area contributed by atoms with Gasteiger partial charge in [-0.15, -0.1) is 11.3 Å². The quantitative estimate of drug-likeness (QED) is 0.597. The standard InChI is InChI=1S/C20H13N3O2S/c21-11-13-6-8-14(9-7-13)18-23-19-16(20(24)25-18)17(22)15(26-19)10-12-4-2-1-3-5-12/h1-9H,10,22H2. The molecular weight excluding hydrogens is 346 g/mol. The molecule has 0 atom stereocenters. The Bertz CT molecular complexity index is 1190. The number of nitrogens with zero attached hydrogens (tertiary/aromatic N) is 2. The lowest BCUT2D eigenvalue weighted by atomic mass is 10.1. The predicted octanol–water partition coefficient (Wildman–Crippen LogP) is 3.96. The highest BCUT2D eigenvalue weighted by Gasteiger charge is 2.17. The largest absolute Gasteiger partial charge is 0.403 e. The zero-order valence-corrected chi connectivity index (χ0v) is 14.4. The van der Waals surface area contributed by atoms with E-state index < -0.39 is 5.63 Å². The van der Waals surface area contributed by atoms with Crippen molar-refractivity contribution in [2.45, 2.75) is 6.42 Å². The summed E-state index contributed by atoms with van der Waals surface area (Å²) in [6, 6.07) is 18.7. The predicted molar refractivity (Wildman–Crippen MR) is 102 cm³/mol. The number of hydrogen-bond donors (Lipinski definition) is 1. The number of nitrogen functional groups attached to an aromatic ring is 1. The van der Waals surface area contributed by atoms with Crippen LogP contribution in [0.25, 0.3) is 21.7 Å². The Hall–Kier alpha value is -3.43. The molecule has 4 aromatic rings. The van der Waals surface area contributed by atoms with Gasteiger partial charge < -0.3 is 10.2 Å². The van der Waals surface area contributed by atoms with Gasteiger partial charge in [0.15, 0.2) is 0 Å². The van der Waals surface area contributed by atoms with Gasteiger partial charge >= 0.3 is 5.63 Å². The van der Waals surface area contributed by atoms with E-state index in [9.17, 15) is 4.79 Å². The van der Waals surface area contributed by atoms with Crippen molar-refractivity contribution in [2.24, 2.45) is 0 Å². The molecule has 4 rings (SSSR count). The van der Waals surface area contributed by atoms with Crippen LogP contribution in [0.2, 0.25) is 0 Å². The van der Waals surface area contributed by atoms with Crippen molar-refractivity contribution in [3.05, 3.63) is 81.0 Å². The van der Waals surface area contributed by atoms with Crippen molar-refractivity contribution >= 4 is 27.2 Å². The summed E-state index contributed by atoms with van der Waals surface area (Å²) in [5, 5.41) is 9.22. The average Bonchev–Trinajstić information content (AvgIpc) is 2.98. The molecule has 0 unspecified atom stereocenters. The number of aromatic nitrogens is 1. The molecule has 0 aliphatic heterocycles. The number of hydrogen-bond acceptors (Lipinski definition) is 6. The first-order valence-electron chi connectivity index (χ1n) is 7.92. The van der Waals surface area contributed by atoms with Crippen LogP contribution >= 0.6 is 11.3 Å². The Morgan fingerprint density at radius 2 is 1.85 bits per heavy atom. The van der Waals surface area contributed by atoms with E-state index in [1.807, 2.05) is 30.3 Å². The molecule has 2 heterocycles. The van der Waals surface area contributed by atoms with Gasteiger partial charge in [0.05, 0.1) is 17.3 Å². The molecule has 126 valence electrons. The number of rotatable bonds is 3. The van der Waals surface area contributed by atoms with E-state index in [1.54, 1.807) is 24.3 Å². The molecule has 0 aliphatic rings. The van der Waals surface area contributed by atoms with Crippen molar-refractivity contribution < 1.29 is 4.42 Å². The summed E-state index contributed by atoms with van der Waals surface area (Å²) in [4.78, 5) is 18.4. The van der Waals surface area contributed by atoms with Crippen LogP contribution in [0.5, 0.6) is 0 Å². The molecule has 0 bridgehead atoms. The Balaban J connectivity index is 1.79. The Morgan fingerprint density at radius 1 is 1.12 bits per heavy atom. The Kier molecular flexibility index (Phi) is 3.99. The van der Waals surface area contributed by atoms with Crippen LogP contribution < -0.4 is 11.4 Å². The highest BCUT2D eigenvalue weighted by molar-refractivity contribution is 7.19. The van der Waals surface area contributed by atoms with Gasteiger partial charge in [0.1, 0.15) is 10.2 Å². The minimum absolute atomic E-state index is 0.222. The van der Waals surface area contributed by atoms with Crippen molar-refractivity contribution in [2.75, 3.05) is 5.73 Å². The molecule has 2 N–H and O–H groups in total. The van der Waals surface area contributed by atoms with Gasteiger partial charge in [0, 0.05) is 16.9 Å². The topological polar surface area (TPSA) is 92.9 Å². The summed E-state index contributed by atoms with van der Waals surface area (Å²) in [6.45, 7) is 0. The molecular formula is C20H13N3O2S. The van der Waals surface area contributed by atoms with Crippen LogP contribution in [0.4, 0.5) is 5.69 Å². The van der Waals surface area contributed by atoms with E-state index in [0.717, 1.165) is 10.4 Å². The normalized spacial score (nSPS) is 10.7. The van der Waals surface area contributed by atoms with Crippen LogP contribution in [-0.2, 0) is 6.42 Å². The minimum atomic E-state index is -0.498. The summed E-state index contributed by atoms with van der Waals surface area (Å²) >= 11 is 1.40. The zero-order valence-electron chi connectivity index (χ0n) is 13.6. The van der Waals surface area contributed by atoms with Gasteiger partial charge in [-0.3, -0.25) is 0 Å². The lowest BCUT2D eigenvalue weighted by Crippen LogP contribution is -2.04. The fourth-order valence-electron chi connectivity index (χ4n) is 2.73. The summed E-state index contributed by atoms with van der Waals surface area (Å²) in [6.07, 6.45) is 0.638. The van der Waals surface area contributed by atoms with Gasteiger partial charge in [0.2, 0.25) is 5.89 Å². The molecule has 0 aliphatic carbocycles. The monoisotopic (exact) mass is 359 g/mol. The molecule has 0 saturated carbocycles. The molecule has 0 fully saturated rings. The molecule has 6 heteroatoms. The van der Waals surface area contributed by atoms with Crippen LogP contribution in [0.3, 0.4) is 0 Å². The smallest absolute Gasteiger partial charge is 0.350 e. The van der Waals surface area contributed by atoms with Gasteiger partial charge in [-0.25, -0.2) is 9.78 Å². The lowest BCUT2D eigenvalue weighted by Gasteiger charge is -2.00. The maximum absolute atomic E-state index is 12.5. The van der Waals surface area contributed by atoms with Crippen LogP contribution in [0.15, 0.2) is 63.8 Å². The van der Waals surface area contributed by atoms with Gasteiger partial charge in [-0.2, -0.15) is 5.26 Å². The minimum Gasteiger partial charge on any atom is -0.403 e. The number of nitriles is 1. The molecule has 0 saturated heterocycles. The van der Waals surface area contributed by atoms with E-state index in [0.29, 0.717) is 33.5 Å². The first-order chi connectivity index (χ1) is 12.7. The SMILES string of the molecule is N#Cc1ccc(-c2nc3sc(Cc4ccccc4)c(N)c3c(=O)o2)cc1. The average molecular weight is 359 g/mol. The Morgan fingerprint density at radius 3 is 2.54 bits per heavy atom. The molecule has 26 heavy (non-hydrogen) atoms. The number of nitrogens with two attached hydrogens (primary N) is 1. The number of anilines is 1. The fraction of sp³-hybridized carbons (Fsp3) is 0.0500. The summed E-state index contributed by atoms with van der Waals surface area (Å²) < 4.78 is 5.37. The Labute approximate surface area is 153 Å². The van der Waals surface area contributed by atoms with E-state index in [-0.39, 0.29) is 5.89 Å². The summed E-state index contributed by atoms with van der Waals surface area (Å²) in [5.74, 6) is 0.222. The first-order valence-corrected chi connectivity index (χ1v) is 8.74. The van der Waals surface area contributed by atoms with Crippen molar-refractivity contribution in [3.8, 4) is 17.5 Å². The van der Waals surface area contributed by atoms with E-state index in [4.69, 9.17) is 15.4 Å². The number of fused-ring (bicyclic) bond motifs is 1. The molecule has 5 nitrogen and oxygen atoms in total. The second-order valence-electron chi connectivity index (χ2n) is 5.78. The second kappa shape index (κ2) is 6.47. The van der Waals surface area contributed by atoms with Crippen molar-refractivity contribution in [1.82, 2.24) is 4.98 Å². The molecule has 0 radical (unpaired) electrons. The van der Waals surface area contributed by atoms with Gasteiger partial charge in [-0.05, 0) is 29.8 Å². The molecule has 0 spiro atoms. The summed E-state index contributed by atoms with van der Waals surface area (Å²) in [7, 11) is 0. The van der Waals surface area contributed by atoms with Crippen LogP contribution in [-0.4, -0.2) is 4.98 Å². The zero-order chi connectivity index (χ0) is 18.1. The highest BCUT2D eigenvalue weighted by Crippen LogP contribution is 2.33. The molecule has 2 aromatic heterocycles. The van der Waals surface area contributed by atoms with Gasteiger partial charge in [0.25, 0.3) is 0 Å². The number of benzene rings is 2. The van der Waals surface area contributed by atoms with E-state index in [2.05, 4.69) is 11.1 Å². The maximum Gasteiger partial charge on any atom is 0.350 e. The second-order valence-corrected chi connectivity index (χ2v) is 6.86. The van der Waals surface area contributed by atoms with E-state index >= 15 is 0 Å². The van der Waals surface area contributed by atoms with Crippen LogP contribution in [0, 0.1) is 11.3 Å². The summed E-state index contributed by atoms with van der Waals surface area (Å²) in [5.41, 5.74) is 8.40. The first kappa shape index (κ1) is 16.1. The molecule has 2 aromatic carbocycles. The highest BCUT2D eigenvalue weighted by atomic mass is 32.1. The van der Waals surface area contributed by atoms with Crippen molar-refractivity contribution in [1.29, 1.82) is 5.26 Å². The third kappa shape index (κ3) is 2.85. The van der Waals surface area contributed by atoms with Crippen LogP contribution in [0.1, 0.15) is 16.0 Å². The molecule has 0 amide bonds. The van der Waals surface area contributed by atoms with Gasteiger partial charge in [-0.1, -0.05) is 30.3 Å². The van der Waals surface area contributed by atoms with E-state index in [1.165, 1.54) is 11.3 Å². The van der Waals surface area contributed by atoms with Crippen molar-refractivity contribution in [3.63, 3.8) is 0 Å².